The van der Waals surface area contributed by atoms with Gasteiger partial charge in [-0.05, 0) is 48.5 Å². The van der Waals surface area contributed by atoms with Crippen LogP contribution < -0.4 is 15.8 Å². The Bertz CT molecular complexity index is 822. The number of halogens is 1. The molecule has 0 saturated heterocycles. The van der Waals surface area contributed by atoms with Gasteiger partial charge < -0.3 is 15.8 Å². The summed E-state index contributed by atoms with van der Waals surface area (Å²) in [5.74, 6) is 0.609. The minimum absolute atomic E-state index is 0.0367. The summed E-state index contributed by atoms with van der Waals surface area (Å²) >= 11 is 6.92. The average Bonchev–Trinajstić information content (AvgIpc) is 2.58. The molecule has 0 spiro atoms. The summed E-state index contributed by atoms with van der Waals surface area (Å²) in [6.45, 7) is 0. The predicted octanol–water partition coefficient (Wildman–Crippen LogP) is 3.42. The second-order valence-electron chi connectivity index (χ2n) is 5.22. The standard InChI is InChI=1S/C17H14ClN3O3S/c18-10-1-5-12(6-2-10)24-13-7-3-11(4-8-13)20-16(23)14-9-15(22)21-17(19)25-14/h1-8,14H,9H2,(H,20,23)(H2,19,21,22)/t14-/m1/s1. The number of nitrogens with two attached hydrogens (primary N) is 1. The van der Waals surface area contributed by atoms with Crippen LogP contribution in [0, 0.1) is 0 Å². The molecule has 0 unspecified atom stereocenters. The molecule has 2 aromatic carbocycles. The Morgan fingerprint density at radius 1 is 1.16 bits per heavy atom. The molecular formula is C17H14ClN3O3S. The number of amides is 2. The number of ether oxygens (including phenoxy) is 1. The maximum absolute atomic E-state index is 12.2. The van der Waals surface area contributed by atoms with Gasteiger partial charge in [0.2, 0.25) is 11.8 Å². The van der Waals surface area contributed by atoms with E-state index in [-0.39, 0.29) is 23.4 Å². The van der Waals surface area contributed by atoms with Crippen LogP contribution >= 0.6 is 23.4 Å². The second kappa shape index (κ2) is 7.58. The van der Waals surface area contributed by atoms with Crippen LogP contribution in [0.2, 0.25) is 5.02 Å². The molecule has 8 heteroatoms. The van der Waals surface area contributed by atoms with Crippen LogP contribution in [0.25, 0.3) is 0 Å². The molecule has 3 N–H and O–H groups in total. The number of rotatable bonds is 4. The first kappa shape index (κ1) is 17.3. The van der Waals surface area contributed by atoms with E-state index >= 15 is 0 Å². The van der Waals surface area contributed by atoms with Gasteiger partial charge in [-0.3, -0.25) is 9.59 Å². The maximum Gasteiger partial charge on any atom is 0.249 e. The molecule has 6 nitrogen and oxygen atoms in total. The summed E-state index contributed by atoms with van der Waals surface area (Å²) in [6.07, 6.45) is 0.0367. The number of hydrogen-bond acceptors (Lipinski definition) is 5. The minimum atomic E-state index is -0.574. The predicted molar refractivity (Wildman–Crippen MR) is 99.2 cm³/mol. The van der Waals surface area contributed by atoms with Gasteiger partial charge in [-0.2, -0.15) is 4.99 Å². The zero-order chi connectivity index (χ0) is 17.8. The van der Waals surface area contributed by atoms with Gasteiger partial charge in [-0.15, -0.1) is 0 Å². The zero-order valence-corrected chi connectivity index (χ0v) is 14.5. The van der Waals surface area contributed by atoms with Gasteiger partial charge in [0.25, 0.3) is 0 Å². The lowest BCUT2D eigenvalue weighted by molar-refractivity contribution is -0.121. The summed E-state index contributed by atoms with van der Waals surface area (Å²) in [7, 11) is 0. The van der Waals surface area contributed by atoms with Gasteiger partial charge in [0.15, 0.2) is 5.17 Å². The quantitative estimate of drug-likeness (QED) is 0.853. The Hall–Kier alpha value is -2.51. The van der Waals surface area contributed by atoms with E-state index in [1.165, 1.54) is 0 Å². The smallest absolute Gasteiger partial charge is 0.249 e. The van der Waals surface area contributed by atoms with Gasteiger partial charge in [0.05, 0.1) is 6.42 Å². The van der Waals surface area contributed by atoms with E-state index in [0.717, 1.165) is 11.8 Å². The van der Waals surface area contributed by atoms with Crippen molar-refractivity contribution < 1.29 is 14.3 Å². The fourth-order valence-corrected chi connectivity index (χ4v) is 3.12. The Morgan fingerprint density at radius 3 is 2.36 bits per heavy atom. The number of nitrogens with one attached hydrogen (secondary N) is 1. The fraction of sp³-hybridized carbons (Fsp3) is 0.118. The van der Waals surface area contributed by atoms with Crippen molar-refractivity contribution in [2.45, 2.75) is 11.7 Å². The van der Waals surface area contributed by atoms with E-state index in [0.29, 0.717) is 22.2 Å². The first-order valence-electron chi connectivity index (χ1n) is 7.37. The highest BCUT2D eigenvalue weighted by Crippen LogP contribution is 2.26. The highest BCUT2D eigenvalue weighted by Gasteiger charge is 2.27. The van der Waals surface area contributed by atoms with E-state index in [1.54, 1.807) is 48.5 Å². The monoisotopic (exact) mass is 375 g/mol. The van der Waals surface area contributed by atoms with E-state index in [9.17, 15) is 9.59 Å². The summed E-state index contributed by atoms with van der Waals surface area (Å²) in [5, 5.41) is 2.93. The molecule has 2 amide bonds. The van der Waals surface area contributed by atoms with Crippen LogP contribution in [-0.4, -0.2) is 22.2 Å². The molecule has 128 valence electrons. The lowest BCUT2D eigenvalue weighted by atomic mass is 10.2. The van der Waals surface area contributed by atoms with Gasteiger partial charge in [-0.25, -0.2) is 0 Å². The van der Waals surface area contributed by atoms with Gasteiger partial charge in [0.1, 0.15) is 16.7 Å². The molecule has 0 fully saturated rings. The van der Waals surface area contributed by atoms with E-state index in [2.05, 4.69) is 10.3 Å². The van der Waals surface area contributed by atoms with Crippen LogP contribution in [-0.2, 0) is 9.59 Å². The van der Waals surface area contributed by atoms with Crippen molar-refractivity contribution in [2.75, 3.05) is 5.32 Å². The van der Waals surface area contributed by atoms with Crippen molar-refractivity contribution in [3.05, 3.63) is 53.6 Å². The number of nitrogens with zero attached hydrogens (tertiary/aromatic N) is 1. The number of anilines is 1. The number of thioether (sulfide) groups is 1. The lowest BCUT2D eigenvalue weighted by Gasteiger charge is -2.17. The van der Waals surface area contributed by atoms with Crippen molar-refractivity contribution in [2.24, 2.45) is 10.7 Å². The number of carbonyl (C=O) groups is 2. The highest BCUT2D eigenvalue weighted by atomic mass is 35.5. The first-order chi connectivity index (χ1) is 12.0. The minimum Gasteiger partial charge on any atom is -0.457 e. The number of carbonyl (C=O) groups excluding carboxylic acids is 2. The summed E-state index contributed by atoms with van der Waals surface area (Å²) in [4.78, 5) is 27.2. The molecule has 1 aliphatic heterocycles. The largest absolute Gasteiger partial charge is 0.457 e. The summed E-state index contributed by atoms with van der Waals surface area (Å²) in [6, 6.07) is 13.9. The Balaban J connectivity index is 1.60. The van der Waals surface area contributed by atoms with Crippen molar-refractivity contribution in [1.82, 2.24) is 0 Å². The molecule has 0 saturated carbocycles. The van der Waals surface area contributed by atoms with Crippen molar-refractivity contribution in [3.8, 4) is 11.5 Å². The van der Waals surface area contributed by atoms with Crippen molar-refractivity contribution in [3.63, 3.8) is 0 Å². The average molecular weight is 376 g/mol. The lowest BCUT2D eigenvalue weighted by Crippen LogP contribution is -2.33. The maximum atomic E-state index is 12.2. The van der Waals surface area contributed by atoms with Crippen LogP contribution in [0.15, 0.2) is 53.5 Å². The molecule has 1 heterocycles. The number of aliphatic imine (C=N–C) groups is 1. The van der Waals surface area contributed by atoms with Crippen molar-refractivity contribution >= 4 is 46.0 Å². The summed E-state index contributed by atoms with van der Waals surface area (Å²) in [5.41, 5.74) is 6.14. The van der Waals surface area contributed by atoms with Gasteiger partial charge >= 0.3 is 0 Å². The van der Waals surface area contributed by atoms with Crippen molar-refractivity contribution in [1.29, 1.82) is 0 Å². The van der Waals surface area contributed by atoms with Gasteiger partial charge in [0, 0.05) is 10.7 Å². The van der Waals surface area contributed by atoms with Crippen LogP contribution in [0.4, 0.5) is 5.69 Å². The van der Waals surface area contributed by atoms with E-state index in [1.807, 2.05) is 0 Å². The SMILES string of the molecule is NC1=NC(=O)C[C@H](C(=O)Nc2ccc(Oc3ccc(Cl)cc3)cc2)S1. The molecule has 1 atom stereocenters. The highest BCUT2D eigenvalue weighted by molar-refractivity contribution is 8.15. The third kappa shape index (κ3) is 4.74. The van der Waals surface area contributed by atoms with Crippen LogP contribution in [0.3, 0.4) is 0 Å². The number of benzene rings is 2. The van der Waals surface area contributed by atoms with Crippen LogP contribution in [0.1, 0.15) is 6.42 Å². The Morgan fingerprint density at radius 2 is 1.76 bits per heavy atom. The fourth-order valence-electron chi connectivity index (χ4n) is 2.15. The Labute approximate surface area is 153 Å². The number of hydrogen-bond donors (Lipinski definition) is 2. The molecule has 0 aromatic heterocycles. The normalized spacial score (nSPS) is 16.9. The second-order valence-corrected chi connectivity index (χ2v) is 6.88. The van der Waals surface area contributed by atoms with E-state index in [4.69, 9.17) is 22.1 Å². The molecular weight excluding hydrogens is 362 g/mol. The van der Waals surface area contributed by atoms with Crippen LogP contribution in [0.5, 0.6) is 11.5 Å². The van der Waals surface area contributed by atoms with E-state index < -0.39 is 5.25 Å². The molecule has 0 bridgehead atoms. The first-order valence-corrected chi connectivity index (χ1v) is 8.63. The molecule has 3 rings (SSSR count). The molecule has 2 aromatic rings. The summed E-state index contributed by atoms with van der Waals surface area (Å²) < 4.78 is 5.69. The van der Waals surface area contributed by atoms with Gasteiger partial charge in [-0.1, -0.05) is 23.4 Å². The Kier molecular flexibility index (Phi) is 5.25. The third-order valence-corrected chi connectivity index (χ3v) is 4.57. The molecule has 25 heavy (non-hydrogen) atoms. The molecule has 0 aliphatic carbocycles. The number of amidine groups is 1. The zero-order valence-electron chi connectivity index (χ0n) is 12.9. The molecule has 1 aliphatic rings. The topological polar surface area (TPSA) is 93.8 Å². The third-order valence-electron chi connectivity index (χ3n) is 3.32. The molecule has 0 radical (unpaired) electrons.